The lowest BCUT2D eigenvalue weighted by molar-refractivity contribution is -0.129. The minimum Gasteiger partial charge on any atom is -0.449 e. The number of carbonyl (C=O) groups excluding carboxylic acids is 3. The van der Waals surface area contributed by atoms with Crippen LogP contribution in [0.1, 0.15) is 39.0 Å². The maximum Gasteiger partial charge on any atom is 0.413 e. The summed E-state index contributed by atoms with van der Waals surface area (Å²) >= 11 is 0. The van der Waals surface area contributed by atoms with Gasteiger partial charge in [-0.05, 0) is 44.0 Å². The maximum absolute atomic E-state index is 12.6. The second kappa shape index (κ2) is 8.41. The van der Waals surface area contributed by atoms with Gasteiger partial charge in [0.15, 0.2) is 0 Å². The zero-order chi connectivity index (χ0) is 19.4. The molecule has 27 heavy (non-hydrogen) atoms. The van der Waals surface area contributed by atoms with E-state index in [1.165, 1.54) is 4.90 Å². The van der Waals surface area contributed by atoms with Gasteiger partial charge in [0.05, 0.1) is 12.5 Å². The van der Waals surface area contributed by atoms with Crippen LogP contribution < -0.4 is 10.2 Å². The van der Waals surface area contributed by atoms with Gasteiger partial charge < -0.3 is 15.0 Å². The van der Waals surface area contributed by atoms with Crippen LogP contribution in [0, 0.1) is 5.92 Å². The number of nitrogens with zero attached hydrogens (tertiary/aromatic N) is 2. The molecule has 7 heteroatoms. The molecule has 2 aliphatic rings. The predicted molar refractivity (Wildman–Crippen MR) is 103 cm³/mol. The van der Waals surface area contributed by atoms with Crippen molar-refractivity contribution in [2.24, 2.45) is 5.92 Å². The van der Waals surface area contributed by atoms with Gasteiger partial charge in [-0.3, -0.25) is 14.5 Å². The van der Waals surface area contributed by atoms with Crippen LogP contribution in [-0.2, 0) is 14.3 Å². The van der Waals surface area contributed by atoms with Crippen LogP contribution >= 0.6 is 0 Å². The average Bonchev–Trinajstić information content (AvgIpc) is 3.31. The van der Waals surface area contributed by atoms with Gasteiger partial charge in [0.25, 0.3) is 0 Å². The highest BCUT2D eigenvalue weighted by Gasteiger charge is 2.38. The Kier molecular flexibility index (Phi) is 5.98. The first-order chi connectivity index (χ1) is 13.0. The number of likely N-dealkylation sites (tertiary alicyclic amines) is 1. The van der Waals surface area contributed by atoms with Gasteiger partial charge in [-0.15, -0.1) is 0 Å². The topological polar surface area (TPSA) is 79.0 Å². The predicted octanol–water partition coefficient (Wildman–Crippen LogP) is 3.01. The molecule has 1 N–H and O–H groups in total. The van der Waals surface area contributed by atoms with Gasteiger partial charge in [0.1, 0.15) is 0 Å². The first kappa shape index (κ1) is 19.2. The minimum absolute atomic E-state index is 0.0912. The van der Waals surface area contributed by atoms with Crippen LogP contribution in [0.4, 0.5) is 16.2 Å². The molecule has 0 bridgehead atoms. The van der Waals surface area contributed by atoms with E-state index >= 15 is 0 Å². The number of amides is 3. The number of ether oxygens (including phenoxy) is 1. The fraction of sp³-hybridized carbons (Fsp3) is 0.550. The van der Waals surface area contributed by atoms with E-state index in [0.29, 0.717) is 30.6 Å². The Morgan fingerprint density at radius 1 is 1.22 bits per heavy atom. The SMILES string of the molecule is CCOC(=O)N(C)c1ccc(NC(=O)C2CC(=O)N(C3CCCC3)C2)cc1. The van der Waals surface area contributed by atoms with E-state index in [0.717, 1.165) is 25.7 Å². The second-order valence-corrected chi connectivity index (χ2v) is 7.18. The number of hydrogen-bond acceptors (Lipinski definition) is 4. The van der Waals surface area contributed by atoms with Crippen molar-refractivity contribution in [3.8, 4) is 0 Å². The third-order valence-corrected chi connectivity index (χ3v) is 5.36. The van der Waals surface area contributed by atoms with E-state index in [4.69, 9.17) is 4.74 Å². The molecule has 0 spiro atoms. The molecule has 1 heterocycles. The number of anilines is 2. The first-order valence-electron chi connectivity index (χ1n) is 9.60. The van der Waals surface area contributed by atoms with E-state index in [1.807, 2.05) is 4.90 Å². The summed E-state index contributed by atoms with van der Waals surface area (Å²) in [5, 5.41) is 2.88. The van der Waals surface area contributed by atoms with Crippen molar-refractivity contribution in [3.63, 3.8) is 0 Å². The van der Waals surface area contributed by atoms with E-state index in [9.17, 15) is 14.4 Å². The molecule has 146 valence electrons. The van der Waals surface area contributed by atoms with Crippen molar-refractivity contribution < 1.29 is 19.1 Å². The van der Waals surface area contributed by atoms with Crippen LogP contribution in [0.5, 0.6) is 0 Å². The highest BCUT2D eigenvalue weighted by atomic mass is 16.6. The average molecular weight is 373 g/mol. The Bertz CT molecular complexity index is 698. The van der Waals surface area contributed by atoms with Gasteiger partial charge in [-0.2, -0.15) is 0 Å². The van der Waals surface area contributed by atoms with Crippen LogP contribution in [0.3, 0.4) is 0 Å². The van der Waals surface area contributed by atoms with Crippen molar-refractivity contribution in [1.29, 1.82) is 0 Å². The van der Waals surface area contributed by atoms with Crippen LogP contribution in [0.25, 0.3) is 0 Å². The fourth-order valence-corrected chi connectivity index (χ4v) is 3.81. The summed E-state index contributed by atoms with van der Waals surface area (Å²) in [6, 6.07) is 7.30. The monoisotopic (exact) mass is 373 g/mol. The summed E-state index contributed by atoms with van der Waals surface area (Å²) in [6.07, 6.45) is 4.29. The van der Waals surface area contributed by atoms with E-state index in [1.54, 1.807) is 38.2 Å². The van der Waals surface area contributed by atoms with Gasteiger partial charge in [-0.1, -0.05) is 12.8 Å². The van der Waals surface area contributed by atoms with Crippen LogP contribution in [0.2, 0.25) is 0 Å². The molecule has 7 nitrogen and oxygen atoms in total. The van der Waals surface area contributed by atoms with Gasteiger partial charge in [0.2, 0.25) is 11.8 Å². The Balaban J connectivity index is 1.56. The highest BCUT2D eigenvalue weighted by Crippen LogP contribution is 2.30. The lowest BCUT2D eigenvalue weighted by atomic mass is 10.1. The largest absolute Gasteiger partial charge is 0.449 e. The normalized spacial score (nSPS) is 20.0. The molecule has 1 aliphatic carbocycles. The smallest absolute Gasteiger partial charge is 0.413 e. The molecule has 1 aliphatic heterocycles. The molecule has 1 saturated carbocycles. The number of hydrogen-bond donors (Lipinski definition) is 1. The molecule has 1 aromatic rings. The number of nitrogens with one attached hydrogen (secondary N) is 1. The molecule has 0 aromatic heterocycles. The van der Waals surface area contributed by atoms with E-state index in [-0.39, 0.29) is 24.2 Å². The molecule has 0 radical (unpaired) electrons. The minimum atomic E-state index is -0.425. The summed E-state index contributed by atoms with van der Waals surface area (Å²) in [5.41, 5.74) is 1.32. The molecular weight excluding hydrogens is 346 g/mol. The lowest BCUT2D eigenvalue weighted by Crippen LogP contribution is -2.35. The second-order valence-electron chi connectivity index (χ2n) is 7.18. The Hall–Kier alpha value is -2.57. The molecule has 1 saturated heterocycles. The van der Waals surface area contributed by atoms with Crippen molar-refractivity contribution in [1.82, 2.24) is 4.90 Å². The Morgan fingerprint density at radius 3 is 2.52 bits per heavy atom. The van der Waals surface area contributed by atoms with Crippen LogP contribution in [-0.4, -0.2) is 49.0 Å². The maximum atomic E-state index is 12.6. The third kappa shape index (κ3) is 4.40. The molecule has 1 unspecified atom stereocenters. The lowest BCUT2D eigenvalue weighted by Gasteiger charge is -2.23. The molecule has 1 aromatic carbocycles. The Morgan fingerprint density at radius 2 is 1.89 bits per heavy atom. The molecule has 2 fully saturated rings. The van der Waals surface area contributed by atoms with E-state index < -0.39 is 6.09 Å². The zero-order valence-electron chi connectivity index (χ0n) is 15.9. The van der Waals surface area contributed by atoms with Crippen LogP contribution in [0.15, 0.2) is 24.3 Å². The summed E-state index contributed by atoms with van der Waals surface area (Å²) < 4.78 is 4.96. The van der Waals surface area contributed by atoms with Gasteiger partial charge >= 0.3 is 6.09 Å². The number of carbonyl (C=O) groups is 3. The van der Waals surface area contributed by atoms with Crippen molar-refractivity contribution in [2.75, 3.05) is 30.4 Å². The first-order valence-corrected chi connectivity index (χ1v) is 9.60. The standard InChI is InChI=1S/C20H27N3O4/c1-3-27-20(26)22(2)16-10-8-15(9-11-16)21-19(25)14-12-18(24)23(13-14)17-6-4-5-7-17/h8-11,14,17H,3-7,12-13H2,1-2H3,(H,21,25). The molecular formula is C20H27N3O4. The molecule has 3 rings (SSSR count). The quantitative estimate of drug-likeness (QED) is 0.860. The van der Waals surface area contributed by atoms with E-state index in [2.05, 4.69) is 5.32 Å². The Labute approximate surface area is 159 Å². The zero-order valence-corrected chi connectivity index (χ0v) is 15.9. The molecule has 1 atom stereocenters. The summed E-state index contributed by atoms with van der Waals surface area (Å²) in [4.78, 5) is 39.9. The van der Waals surface area contributed by atoms with Crippen molar-refractivity contribution >= 4 is 29.3 Å². The third-order valence-electron chi connectivity index (χ3n) is 5.36. The summed E-state index contributed by atoms with van der Waals surface area (Å²) in [6.45, 7) is 2.58. The van der Waals surface area contributed by atoms with Crippen molar-refractivity contribution in [3.05, 3.63) is 24.3 Å². The van der Waals surface area contributed by atoms with Gasteiger partial charge in [0, 0.05) is 37.4 Å². The number of rotatable bonds is 5. The van der Waals surface area contributed by atoms with Crippen molar-refractivity contribution in [2.45, 2.75) is 45.1 Å². The molecule has 3 amide bonds. The number of benzene rings is 1. The fourth-order valence-electron chi connectivity index (χ4n) is 3.81. The highest BCUT2D eigenvalue weighted by molar-refractivity contribution is 5.97. The van der Waals surface area contributed by atoms with Gasteiger partial charge in [-0.25, -0.2) is 4.79 Å². The summed E-state index contributed by atoms with van der Waals surface area (Å²) in [7, 11) is 1.63. The summed E-state index contributed by atoms with van der Waals surface area (Å²) in [5.74, 6) is -0.344.